The fraction of sp³-hybridized carbons (Fsp3) is 0.462. The third-order valence-corrected chi connectivity index (χ3v) is 4.02. The molecule has 0 amide bonds. The molecule has 0 aliphatic carbocycles. The van der Waals surface area contributed by atoms with Gasteiger partial charge in [-0.2, -0.15) is 0 Å². The van der Waals surface area contributed by atoms with Crippen molar-refractivity contribution in [3.05, 3.63) is 21.9 Å². The summed E-state index contributed by atoms with van der Waals surface area (Å²) >= 11 is 1.72. The van der Waals surface area contributed by atoms with E-state index in [-0.39, 0.29) is 12.6 Å². The number of carboxylic acids is 1. The summed E-state index contributed by atoms with van der Waals surface area (Å²) in [4.78, 5) is 15.0. The van der Waals surface area contributed by atoms with Crippen molar-refractivity contribution in [1.82, 2.24) is 4.90 Å². The molecule has 92 valence electrons. The number of nitrogens with zero attached hydrogens (tertiary/aromatic N) is 1. The Morgan fingerprint density at radius 3 is 2.82 bits per heavy atom. The van der Waals surface area contributed by atoms with Crippen LogP contribution in [0, 0.1) is 12.3 Å². The number of hydrogen-bond donors (Lipinski definition) is 1. The van der Waals surface area contributed by atoms with E-state index < -0.39 is 5.97 Å². The number of carbonyl (C=O) groups is 1. The fourth-order valence-electron chi connectivity index (χ4n) is 1.61. The molecule has 1 N–H and O–H groups in total. The molecular weight excluding hydrogens is 234 g/mol. The van der Waals surface area contributed by atoms with Crippen LogP contribution >= 0.6 is 11.3 Å². The predicted octanol–water partition coefficient (Wildman–Crippen LogP) is 2.39. The average molecular weight is 251 g/mol. The molecule has 0 spiro atoms. The number of thiophene rings is 1. The van der Waals surface area contributed by atoms with Crippen LogP contribution in [0.2, 0.25) is 0 Å². The Labute approximate surface area is 106 Å². The minimum atomic E-state index is -0.848. The Kier molecular flexibility index (Phi) is 5.20. The van der Waals surface area contributed by atoms with E-state index in [1.54, 1.807) is 16.2 Å². The molecule has 0 bridgehead atoms. The minimum absolute atomic E-state index is 0.0231. The van der Waals surface area contributed by atoms with Crippen LogP contribution in [0.3, 0.4) is 0 Å². The van der Waals surface area contributed by atoms with Crippen LogP contribution in [0.5, 0.6) is 0 Å². The predicted molar refractivity (Wildman–Crippen MR) is 70.2 cm³/mol. The third kappa shape index (κ3) is 3.88. The van der Waals surface area contributed by atoms with Crippen molar-refractivity contribution in [2.45, 2.75) is 26.3 Å². The van der Waals surface area contributed by atoms with E-state index >= 15 is 0 Å². The normalized spacial score (nSPS) is 12.4. The molecule has 0 aliphatic rings. The second-order valence-corrected chi connectivity index (χ2v) is 5.04. The Morgan fingerprint density at radius 2 is 2.35 bits per heavy atom. The summed E-state index contributed by atoms with van der Waals surface area (Å²) in [5.41, 5.74) is 0. The van der Waals surface area contributed by atoms with E-state index in [2.05, 4.69) is 25.0 Å². The van der Waals surface area contributed by atoms with E-state index in [1.165, 1.54) is 9.75 Å². The van der Waals surface area contributed by atoms with Crippen LogP contribution in [0.15, 0.2) is 12.1 Å². The first-order valence-corrected chi connectivity index (χ1v) is 6.38. The van der Waals surface area contributed by atoms with Gasteiger partial charge in [-0.25, -0.2) is 0 Å². The van der Waals surface area contributed by atoms with Crippen molar-refractivity contribution >= 4 is 17.3 Å². The third-order valence-electron chi connectivity index (χ3n) is 2.62. The number of aliphatic carboxylic acids is 1. The summed E-state index contributed by atoms with van der Waals surface area (Å²) < 4.78 is 0. The van der Waals surface area contributed by atoms with E-state index in [0.29, 0.717) is 6.54 Å². The standard InChI is InChI=1S/C13H17NO2S/c1-4-8-14(9-13(15)16)10(3)12-7-6-11(5-2)17-12/h1,6-7,10H,5,8-9H2,2-3H3,(H,15,16). The molecule has 1 aromatic heterocycles. The highest BCUT2D eigenvalue weighted by atomic mass is 32.1. The summed E-state index contributed by atoms with van der Waals surface area (Å²) in [7, 11) is 0. The SMILES string of the molecule is C#CCN(CC(=O)O)C(C)c1ccc(CC)s1. The molecule has 17 heavy (non-hydrogen) atoms. The lowest BCUT2D eigenvalue weighted by molar-refractivity contribution is -0.138. The van der Waals surface area contributed by atoms with Gasteiger partial charge in [-0.3, -0.25) is 9.69 Å². The van der Waals surface area contributed by atoms with Gasteiger partial charge in [-0.05, 0) is 25.5 Å². The van der Waals surface area contributed by atoms with Gasteiger partial charge in [0.15, 0.2) is 0 Å². The van der Waals surface area contributed by atoms with Crippen molar-refractivity contribution in [2.75, 3.05) is 13.1 Å². The largest absolute Gasteiger partial charge is 0.480 e. The summed E-state index contributed by atoms with van der Waals surface area (Å²) in [5, 5.41) is 8.85. The maximum absolute atomic E-state index is 10.8. The topological polar surface area (TPSA) is 40.5 Å². The Bertz CT molecular complexity index is 419. The van der Waals surface area contributed by atoms with E-state index in [4.69, 9.17) is 11.5 Å². The Morgan fingerprint density at radius 1 is 1.65 bits per heavy atom. The molecule has 1 rings (SSSR count). The van der Waals surface area contributed by atoms with Gasteiger partial charge in [-0.15, -0.1) is 17.8 Å². The van der Waals surface area contributed by atoms with Gasteiger partial charge in [-0.1, -0.05) is 12.8 Å². The van der Waals surface area contributed by atoms with Gasteiger partial charge in [0.1, 0.15) is 0 Å². The van der Waals surface area contributed by atoms with Gasteiger partial charge in [0.05, 0.1) is 13.1 Å². The second kappa shape index (κ2) is 6.43. The molecular formula is C13H17NO2S. The molecule has 0 radical (unpaired) electrons. The number of terminal acetylenes is 1. The molecule has 1 unspecified atom stereocenters. The van der Waals surface area contributed by atoms with Crippen LogP contribution in [0.1, 0.15) is 29.6 Å². The zero-order valence-electron chi connectivity index (χ0n) is 10.1. The van der Waals surface area contributed by atoms with E-state index in [0.717, 1.165) is 6.42 Å². The second-order valence-electron chi connectivity index (χ2n) is 3.84. The van der Waals surface area contributed by atoms with Crippen LogP contribution in [0.25, 0.3) is 0 Å². The molecule has 0 aromatic carbocycles. The quantitative estimate of drug-likeness (QED) is 0.789. The van der Waals surface area contributed by atoms with E-state index in [1.807, 2.05) is 6.92 Å². The van der Waals surface area contributed by atoms with Crippen molar-refractivity contribution in [1.29, 1.82) is 0 Å². The molecule has 1 aromatic rings. The van der Waals surface area contributed by atoms with E-state index in [9.17, 15) is 4.79 Å². The zero-order valence-corrected chi connectivity index (χ0v) is 11.0. The smallest absolute Gasteiger partial charge is 0.317 e. The van der Waals surface area contributed by atoms with Crippen molar-refractivity contribution in [2.24, 2.45) is 0 Å². The summed E-state index contributed by atoms with van der Waals surface area (Å²) in [6.07, 6.45) is 6.28. The number of hydrogen-bond acceptors (Lipinski definition) is 3. The summed E-state index contributed by atoms with van der Waals surface area (Å²) in [6, 6.07) is 4.19. The molecule has 1 atom stereocenters. The molecule has 0 fully saturated rings. The van der Waals surface area contributed by atoms with Crippen LogP contribution in [0.4, 0.5) is 0 Å². The molecule has 0 aliphatic heterocycles. The Hall–Kier alpha value is -1.31. The van der Waals surface area contributed by atoms with Crippen molar-refractivity contribution in [3.8, 4) is 12.3 Å². The monoisotopic (exact) mass is 251 g/mol. The first-order chi connectivity index (χ1) is 8.08. The highest BCUT2D eigenvalue weighted by Gasteiger charge is 2.18. The fourth-order valence-corrected chi connectivity index (χ4v) is 2.65. The van der Waals surface area contributed by atoms with Gasteiger partial charge >= 0.3 is 5.97 Å². The zero-order chi connectivity index (χ0) is 12.8. The highest BCUT2D eigenvalue weighted by molar-refractivity contribution is 7.12. The van der Waals surface area contributed by atoms with Gasteiger partial charge in [0.25, 0.3) is 0 Å². The lowest BCUT2D eigenvalue weighted by atomic mass is 10.2. The molecule has 4 heteroatoms. The average Bonchev–Trinajstić information content (AvgIpc) is 2.75. The maximum atomic E-state index is 10.8. The molecule has 3 nitrogen and oxygen atoms in total. The van der Waals surface area contributed by atoms with Crippen LogP contribution < -0.4 is 0 Å². The Balaban J connectivity index is 2.79. The van der Waals surface area contributed by atoms with Crippen LogP contribution in [-0.4, -0.2) is 29.1 Å². The van der Waals surface area contributed by atoms with Crippen molar-refractivity contribution in [3.63, 3.8) is 0 Å². The number of rotatable bonds is 6. The van der Waals surface area contributed by atoms with Gasteiger partial charge < -0.3 is 5.11 Å². The summed E-state index contributed by atoms with van der Waals surface area (Å²) in [6.45, 7) is 4.43. The minimum Gasteiger partial charge on any atom is -0.480 e. The molecule has 1 heterocycles. The van der Waals surface area contributed by atoms with Crippen molar-refractivity contribution < 1.29 is 9.90 Å². The lowest BCUT2D eigenvalue weighted by Crippen LogP contribution is -2.32. The molecule has 0 saturated heterocycles. The first kappa shape index (κ1) is 13.8. The van der Waals surface area contributed by atoms with Crippen LogP contribution in [-0.2, 0) is 11.2 Å². The van der Waals surface area contributed by atoms with Gasteiger partial charge in [0.2, 0.25) is 0 Å². The summed E-state index contributed by atoms with van der Waals surface area (Å²) in [5.74, 6) is 1.66. The van der Waals surface area contributed by atoms with Gasteiger partial charge in [0, 0.05) is 15.8 Å². The first-order valence-electron chi connectivity index (χ1n) is 5.56. The lowest BCUT2D eigenvalue weighted by Gasteiger charge is -2.24. The maximum Gasteiger partial charge on any atom is 0.317 e. The number of carboxylic acid groups (broad SMARTS) is 1. The molecule has 0 saturated carbocycles. The highest BCUT2D eigenvalue weighted by Crippen LogP contribution is 2.27. The number of aryl methyl sites for hydroxylation is 1.